The maximum atomic E-state index is 13.0. The van der Waals surface area contributed by atoms with Crippen LogP contribution >= 0.6 is 0 Å². The first-order chi connectivity index (χ1) is 11.3. The van der Waals surface area contributed by atoms with Gasteiger partial charge in [0.2, 0.25) is 0 Å². The summed E-state index contributed by atoms with van der Waals surface area (Å²) in [5.41, 5.74) is 1.79. The lowest BCUT2D eigenvalue weighted by Gasteiger charge is -2.39. The number of hydrogen-bond acceptors (Lipinski definition) is 3. The highest BCUT2D eigenvalue weighted by Gasteiger charge is 2.35. The number of aryl methyl sites for hydroxylation is 1. The highest BCUT2D eigenvalue weighted by Crippen LogP contribution is 2.24. The van der Waals surface area contributed by atoms with Gasteiger partial charge in [-0.15, -0.1) is 0 Å². The number of ether oxygens (including phenoxy) is 1. The van der Waals surface area contributed by atoms with Gasteiger partial charge in [0.15, 0.2) is 6.04 Å². The molecular formula is C19H31N2O3+. The molecule has 134 valence electrons. The fourth-order valence-electron chi connectivity index (χ4n) is 2.98. The number of amides is 1. The minimum atomic E-state index is -0.440. The molecule has 1 aromatic rings. The van der Waals surface area contributed by atoms with Crippen molar-refractivity contribution in [3.8, 4) is 0 Å². The van der Waals surface area contributed by atoms with E-state index in [1.807, 2.05) is 13.0 Å². The van der Waals surface area contributed by atoms with Crippen molar-refractivity contribution in [2.45, 2.75) is 46.6 Å². The number of para-hydroxylation sites is 1. The lowest BCUT2D eigenvalue weighted by atomic mass is 10.0. The molecule has 0 saturated carbocycles. The summed E-state index contributed by atoms with van der Waals surface area (Å²) in [6, 6.07) is 5.20. The minimum absolute atomic E-state index is 0.0393. The van der Waals surface area contributed by atoms with E-state index in [9.17, 15) is 9.59 Å². The Morgan fingerprint density at radius 3 is 2.33 bits per heavy atom. The summed E-state index contributed by atoms with van der Waals surface area (Å²) in [6.45, 7) is 9.94. The molecule has 1 atom stereocenters. The molecule has 5 nitrogen and oxygen atoms in total. The van der Waals surface area contributed by atoms with Gasteiger partial charge in [-0.1, -0.05) is 19.1 Å². The number of carbonyl (C=O) groups is 2. The SMILES string of the molecule is CCCC(C(=O)Nc1c(C)cccc1C(=O)OC)[N+](C)(CC)CC. The third-order valence-corrected chi connectivity index (χ3v) is 4.99. The maximum absolute atomic E-state index is 13.0. The van der Waals surface area contributed by atoms with E-state index >= 15 is 0 Å². The van der Waals surface area contributed by atoms with Crippen molar-refractivity contribution in [1.82, 2.24) is 0 Å². The highest BCUT2D eigenvalue weighted by molar-refractivity contribution is 6.03. The van der Waals surface area contributed by atoms with E-state index in [1.165, 1.54) is 7.11 Å². The Morgan fingerprint density at radius 1 is 1.21 bits per heavy atom. The van der Waals surface area contributed by atoms with E-state index < -0.39 is 5.97 Å². The molecule has 0 saturated heterocycles. The van der Waals surface area contributed by atoms with Crippen molar-refractivity contribution in [1.29, 1.82) is 0 Å². The molecule has 0 spiro atoms. The summed E-state index contributed by atoms with van der Waals surface area (Å²) in [4.78, 5) is 25.0. The van der Waals surface area contributed by atoms with E-state index in [1.54, 1.807) is 12.1 Å². The zero-order chi connectivity index (χ0) is 18.3. The summed E-state index contributed by atoms with van der Waals surface area (Å²) < 4.78 is 5.52. The molecule has 1 rings (SSSR count). The van der Waals surface area contributed by atoms with Crippen molar-refractivity contribution in [3.63, 3.8) is 0 Å². The van der Waals surface area contributed by atoms with Crippen LogP contribution in [0.15, 0.2) is 18.2 Å². The molecule has 0 aliphatic carbocycles. The van der Waals surface area contributed by atoms with Crippen molar-refractivity contribution in [3.05, 3.63) is 29.3 Å². The summed E-state index contributed by atoms with van der Waals surface area (Å²) in [7, 11) is 3.46. The molecule has 0 bridgehead atoms. The van der Waals surface area contributed by atoms with E-state index in [0.29, 0.717) is 15.7 Å². The normalized spacial score (nSPS) is 12.6. The lowest BCUT2D eigenvalue weighted by molar-refractivity contribution is -0.921. The van der Waals surface area contributed by atoms with Crippen LogP contribution < -0.4 is 5.32 Å². The smallest absolute Gasteiger partial charge is 0.339 e. The molecule has 1 amide bonds. The van der Waals surface area contributed by atoms with E-state index in [-0.39, 0.29) is 11.9 Å². The Hall–Kier alpha value is -1.88. The van der Waals surface area contributed by atoms with Crippen LogP contribution in [0.5, 0.6) is 0 Å². The molecule has 0 aliphatic rings. The zero-order valence-corrected chi connectivity index (χ0v) is 15.8. The molecule has 0 aliphatic heterocycles. The van der Waals surface area contributed by atoms with Gasteiger partial charge in [0.1, 0.15) is 0 Å². The van der Waals surface area contributed by atoms with Crippen LogP contribution in [0.1, 0.15) is 49.5 Å². The first-order valence-electron chi connectivity index (χ1n) is 8.67. The third-order valence-electron chi connectivity index (χ3n) is 4.99. The molecule has 1 N–H and O–H groups in total. The van der Waals surface area contributed by atoms with Crippen molar-refractivity contribution in [2.24, 2.45) is 0 Å². The quantitative estimate of drug-likeness (QED) is 0.585. The Balaban J connectivity index is 3.19. The molecular weight excluding hydrogens is 304 g/mol. The number of nitrogens with one attached hydrogen (secondary N) is 1. The fraction of sp³-hybridized carbons (Fsp3) is 0.579. The number of benzene rings is 1. The van der Waals surface area contributed by atoms with Gasteiger partial charge in [-0.3, -0.25) is 4.79 Å². The van der Waals surface area contributed by atoms with Gasteiger partial charge in [0.25, 0.3) is 5.91 Å². The van der Waals surface area contributed by atoms with Crippen LogP contribution in [0, 0.1) is 6.92 Å². The number of rotatable bonds is 8. The van der Waals surface area contributed by atoms with E-state index in [2.05, 4.69) is 33.1 Å². The summed E-state index contributed by atoms with van der Waals surface area (Å²) in [5.74, 6) is -0.480. The Morgan fingerprint density at radius 2 is 1.83 bits per heavy atom. The molecule has 0 fully saturated rings. The van der Waals surface area contributed by atoms with Crippen LogP contribution in [0.2, 0.25) is 0 Å². The minimum Gasteiger partial charge on any atom is -0.465 e. The first kappa shape index (κ1) is 20.2. The third kappa shape index (κ3) is 4.35. The molecule has 24 heavy (non-hydrogen) atoms. The van der Waals surface area contributed by atoms with E-state index in [0.717, 1.165) is 31.5 Å². The van der Waals surface area contributed by atoms with Gasteiger partial charge >= 0.3 is 5.97 Å². The van der Waals surface area contributed by atoms with Crippen LogP contribution in [0.25, 0.3) is 0 Å². The van der Waals surface area contributed by atoms with Gasteiger partial charge in [0, 0.05) is 6.42 Å². The number of quaternary nitrogens is 1. The number of nitrogens with zero attached hydrogens (tertiary/aromatic N) is 1. The highest BCUT2D eigenvalue weighted by atomic mass is 16.5. The van der Waals surface area contributed by atoms with Gasteiger partial charge < -0.3 is 14.5 Å². The Kier molecular flexibility index (Phi) is 7.42. The average molecular weight is 335 g/mol. The molecule has 5 heteroatoms. The largest absolute Gasteiger partial charge is 0.465 e. The second-order valence-corrected chi connectivity index (χ2v) is 6.39. The van der Waals surface area contributed by atoms with Crippen molar-refractivity contribution < 1.29 is 18.8 Å². The van der Waals surface area contributed by atoms with Gasteiger partial charge in [-0.25, -0.2) is 4.79 Å². The predicted octanol–water partition coefficient (Wildman–Crippen LogP) is 3.38. The number of esters is 1. The van der Waals surface area contributed by atoms with Gasteiger partial charge in [0.05, 0.1) is 38.5 Å². The van der Waals surface area contributed by atoms with Gasteiger partial charge in [-0.2, -0.15) is 0 Å². The van der Waals surface area contributed by atoms with Crippen LogP contribution in [-0.2, 0) is 9.53 Å². The number of hydrogen-bond donors (Lipinski definition) is 1. The zero-order valence-electron chi connectivity index (χ0n) is 15.8. The summed E-state index contributed by atoms with van der Waals surface area (Å²) in [6.07, 6.45) is 1.74. The van der Waals surface area contributed by atoms with Crippen LogP contribution in [-0.4, -0.2) is 49.6 Å². The van der Waals surface area contributed by atoms with Gasteiger partial charge in [-0.05, 0) is 38.8 Å². The summed E-state index contributed by atoms with van der Waals surface area (Å²) in [5, 5.41) is 3.00. The standard InChI is InChI=1S/C19H30N2O3/c1-7-11-16(21(5,8-2)9-3)18(22)20-17-14(4)12-10-13-15(17)19(23)24-6/h10,12-13,16H,7-9,11H2,1-6H3/p+1. The second-order valence-electron chi connectivity index (χ2n) is 6.39. The monoisotopic (exact) mass is 335 g/mol. The number of methoxy groups -OCH3 is 1. The average Bonchev–Trinajstić information content (AvgIpc) is 2.59. The topological polar surface area (TPSA) is 55.4 Å². The number of carbonyl (C=O) groups excluding carboxylic acids is 2. The molecule has 1 unspecified atom stereocenters. The molecule has 1 aromatic carbocycles. The van der Waals surface area contributed by atoms with Crippen LogP contribution in [0.4, 0.5) is 5.69 Å². The molecule has 0 aromatic heterocycles. The molecule has 0 radical (unpaired) electrons. The lowest BCUT2D eigenvalue weighted by Crippen LogP contribution is -2.57. The Labute approximate surface area is 145 Å². The van der Waals surface area contributed by atoms with Crippen molar-refractivity contribution >= 4 is 17.6 Å². The fourth-order valence-corrected chi connectivity index (χ4v) is 2.98. The van der Waals surface area contributed by atoms with Crippen molar-refractivity contribution in [2.75, 3.05) is 32.6 Å². The number of anilines is 1. The molecule has 0 heterocycles. The second kappa shape index (κ2) is 8.83. The first-order valence-corrected chi connectivity index (χ1v) is 8.67. The van der Waals surface area contributed by atoms with Crippen LogP contribution in [0.3, 0.4) is 0 Å². The summed E-state index contributed by atoms with van der Waals surface area (Å²) >= 11 is 0. The number of likely N-dealkylation sites (N-methyl/N-ethyl adjacent to an activating group) is 1. The predicted molar refractivity (Wildman–Crippen MR) is 97.1 cm³/mol. The Bertz CT molecular complexity index is 580. The maximum Gasteiger partial charge on any atom is 0.339 e. The van der Waals surface area contributed by atoms with E-state index in [4.69, 9.17) is 4.74 Å².